The zero-order valence-electron chi connectivity index (χ0n) is 3.73. The minimum absolute atomic E-state index is 0.278. The molecule has 0 aliphatic rings. The van der Waals surface area contributed by atoms with Crippen molar-refractivity contribution in [2.45, 2.75) is 0 Å². The first-order valence-corrected chi connectivity index (χ1v) is 1.92. The fourth-order valence-corrected chi connectivity index (χ4v) is 0.114. The molecule has 0 aromatic carbocycles. The lowest BCUT2D eigenvalue weighted by molar-refractivity contribution is -0.111. The highest BCUT2D eigenvalue weighted by Gasteiger charge is 2.02. The molecule has 42 valence electrons. The summed E-state index contributed by atoms with van der Waals surface area (Å²) in [5, 5.41) is 0. The van der Waals surface area contributed by atoms with Gasteiger partial charge in [-0.25, -0.2) is 0 Å². The molecular formula is C4H6F2O. The summed E-state index contributed by atoms with van der Waals surface area (Å²) in [6.45, 7) is -1.78. The van der Waals surface area contributed by atoms with E-state index >= 15 is 0 Å². The summed E-state index contributed by atoms with van der Waals surface area (Å²) in [6.07, 6.45) is 0.278. The molecule has 0 saturated heterocycles. The smallest absolute Gasteiger partial charge is 0.128 e. The van der Waals surface area contributed by atoms with Gasteiger partial charge >= 0.3 is 0 Å². The van der Waals surface area contributed by atoms with Crippen molar-refractivity contribution in [2.75, 3.05) is 13.3 Å². The van der Waals surface area contributed by atoms with Crippen molar-refractivity contribution in [3.8, 4) is 0 Å². The highest BCUT2D eigenvalue weighted by atomic mass is 19.1. The third-order valence-corrected chi connectivity index (χ3v) is 0.589. The van der Waals surface area contributed by atoms with Crippen molar-refractivity contribution in [3.05, 3.63) is 0 Å². The monoisotopic (exact) mass is 108 g/mol. The van der Waals surface area contributed by atoms with Gasteiger partial charge in [0.05, 0.1) is 5.92 Å². The van der Waals surface area contributed by atoms with E-state index in [2.05, 4.69) is 0 Å². The van der Waals surface area contributed by atoms with Crippen LogP contribution in [0.1, 0.15) is 0 Å². The van der Waals surface area contributed by atoms with E-state index in [0.29, 0.717) is 0 Å². The molecule has 0 heterocycles. The third-order valence-electron chi connectivity index (χ3n) is 0.589. The maximum atomic E-state index is 11.2. The molecule has 0 amide bonds. The van der Waals surface area contributed by atoms with Gasteiger partial charge in [0.1, 0.15) is 19.6 Å². The fraction of sp³-hybridized carbons (Fsp3) is 0.750. The Morgan fingerprint density at radius 2 is 1.86 bits per heavy atom. The van der Waals surface area contributed by atoms with Crippen LogP contribution in [-0.2, 0) is 4.79 Å². The Labute approximate surface area is 40.3 Å². The molecule has 3 heteroatoms. The van der Waals surface area contributed by atoms with Crippen molar-refractivity contribution >= 4 is 6.29 Å². The number of hydrogen-bond donors (Lipinski definition) is 0. The van der Waals surface area contributed by atoms with Crippen molar-refractivity contribution in [3.63, 3.8) is 0 Å². The van der Waals surface area contributed by atoms with Crippen LogP contribution in [0.5, 0.6) is 0 Å². The van der Waals surface area contributed by atoms with E-state index in [4.69, 9.17) is 0 Å². The summed E-state index contributed by atoms with van der Waals surface area (Å²) >= 11 is 0. The first-order valence-electron chi connectivity index (χ1n) is 1.92. The average molecular weight is 108 g/mol. The van der Waals surface area contributed by atoms with Crippen LogP contribution < -0.4 is 0 Å². The molecule has 7 heavy (non-hydrogen) atoms. The maximum Gasteiger partial charge on any atom is 0.128 e. The minimum atomic E-state index is -1.03. The number of carbonyl (C=O) groups excluding carboxylic acids is 1. The van der Waals surface area contributed by atoms with Crippen LogP contribution in [0.2, 0.25) is 0 Å². The molecule has 0 bridgehead atoms. The lowest BCUT2D eigenvalue weighted by Gasteiger charge is -1.92. The first kappa shape index (κ1) is 6.53. The summed E-state index contributed by atoms with van der Waals surface area (Å²) in [5.74, 6) is -1.03. The fourth-order valence-electron chi connectivity index (χ4n) is 0.114. The van der Waals surface area contributed by atoms with Gasteiger partial charge in [0.25, 0.3) is 0 Å². The zero-order chi connectivity index (χ0) is 5.70. The van der Waals surface area contributed by atoms with Crippen LogP contribution in [0.3, 0.4) is 0 Å². The molecular weight excluding hydrogens is 102 g/mol. The molecule has 0 aromatic rings. The molecule has 0 aliphatic heterocycles. The van der Waals surface area contributed by atoms with E-state index in [1.165, 1.54) is 0 Å². The molecule has 0 aromatic heterocycles. The van der Waals surface area contributed by atoms with Gasteiger partial charge in [-0.15, -0.1) is 0 Å². The summed E-state index contributed by atoms with van der Waals surface area (Å²) in [4.78, 5) is 9.49. The predicted molar refractivity (Wildman–Crippen MR) is 21.5 cm³/mol. The van der Waals surface area contributed by atoms with Crippen molar-refractivity contribution in [2.24, 2.45) is 5.92 Å². The predicted octanol–water partition coefficient (Wildman–Crippen LogP) is 0.741. The van der Waals surface area contributed by atoms with Crippen LogP contribution in [0.4, 0.5) is 8.78 Å². The topological polar surface area (TPSA) is 17.1 Å². The van der Waals surface area contributed by atoms with Crippen LogP contribution in [0.25, 0.3) is 0 Å². The minimum Gasteiger partial charge on any atom is -0.303 e. The molecule has 0 rings (SSSR count). The molecule has 0 radical (unpaired) electrons. The Hall–Kier alpha value is -0.470. The van der Waals surface area contributed by atoms with Gasteiger partial charge in [0.2, 0.25) is 0 Å². The van der Waals surface area contributed by atoms with E-state index in [9.17, 15) is 13.6 Å². The Morgan fingerprint density at radius 3 is 1.86 bits per heavy atom. The highest BCUT2D eigenvalue weighted by molar-refractivity contribution is 5.53. The second kappa shape index (κ2) is 3.71. The van der Waals surface area contributed by atoms with Crippen molar-refractivity contribution in [1.29, 1.82) is 0 Å². The Bertz CT molecular complexity index is 51.7. The van der Waals surface area contributed by atoms with E-state index in [-0.39, 0.29) is 6.29 Å². The first-order chi connectivity index (χ1) is 3.35. The Kier molecular flexibility index (Phi) is 3.46. The number of carbonyl (C=O) groups is 1. The Balaban J connectivity index is 3.16. The number of aldehydes is 1. The van der Waals surface area contributed by atoms with Gasteiger partial charge in [-0.05, 0) is 0 Å². The SMILES string of the molecule is O=CC(CF)CF. The largest absolute Gasteiger partial charge is 0.303 e. The average Bonchev–Trinajstić information content (AvgIpc) is 1.72. The molecule has 0 fully saturated rings. The number of hydrogen-bond acceptors (Lipinski definition) is 1. The molecule has 0 aliphatic carbocycles. The van der Waals surface area contributed by atoms with Gasteiger partial charge in [0.15, 0.2) is 0 Å². The molecule has 1 nitrogen and oxygen atoms in total. The van der Waals surface area contributed by atoms with Gasteiger partial charge in [-0.1, -0.05) is 0 Å². The van der Waals surface area contributed by atoms with E-state index < -0.39 is 19.3 Å². The lowest BCUT2D eigenvalue weighted by atomic mass is 10.2. The summed E-state index contributed by atoms with van der Waals surface area (Å²) in [5.41, 5.74) is 0. The summed E-state index contributed by atoms with van der Waals surface area (Å²) < 4.78 is 22.4. The standard InChI is InChI=1S/C4H6F2O/c5-1-4(2-6)3-7/h3-4H,1-2H2. The second-order valence-electron chi connectivity index (χ2n) is 1.20. The molecule has 0 N–H and O–H groups in total. The molecule has 0 saturated carbocycles. The number of rotatable bonds is 3. The van der Waals surface area contributed by atoms with Crippen LogP contribution in [0, 0.1) is 5.92 Å². The number of halogens is 2. The summed E-state index contributed by atoms with van der Waals surface area (Å²) in [6, 6.07) is 0. The van der Waals surface area contributed by atoms with E-state index in [0.717, 1.165) is 0 Å². The molecule has 0 spiro atoms. The molecule has 0 unspecified atom stereocenters. The van der Waals surface area contributed by atoms with Crippen molar-refractivity contribution < 1.29 is 13.6 Å². The van der Waals surface area contributed by atoms with Gasteiger partial charge in [-0.2, -0.15) is 0 Å². The van der Waals surface area contributed by atoms with Gasteiger partial charge < -0.3 is 4.79 Å². The third kappa shape index (κ3) is 2.25. The van der Waals surface area contributed by atoms with Crippen LogP contribution in [0.15, 0.2) is 0 Å². The van der Waals surface area contributed by atoms with Gasteiger partial charge in [0, 0.05) is 0 Å². The summed E-state index contributed by atoms with van der Waals surface area (Å²) in [7, 11) is 0. The number of alkyl halides is 2. The van der Waals surface area contributed by atoms with Crippen LogP contribution >= 0.6 is 0 Å². The Morgan fingerprint density at radius 1 is 1.43 bits per heavy atom. The quantitative estimate of drug-likeness (QED) is 0.487. The molecule has 0 atom stereocenters. The van der Waals surface area contributed by atoms with E-state index in [1.807, 2.05) is 0 Å². The lowest BCUT2D eigenvalue weighted by Crippen LogP contribution is -2.05. The van der Waals surface area contributed by atoms with Gasteiger partial charge in [-0.3, -0.25) is 8.78 Å². The van der Waals surface area contributed by atoms with E-state index in [1.54, 1.807) is 0 Å². The normalized spacial score (nSPS) is 9.57. The maximum absolute atomic E-state index is 11.2. The second-order valence-corrected chi connectivity index (χ2v) is 1.20. The highest BCUT2D eigenvalue weighted by Crippen LogP contribution is 1.91. The van der Waals surface area contributed by atoms with Crippen LogP contribution in [-0.4, -0.2) is 19.6 Å². The van der Waals surface area contributed by atoms with Crippen molar-refractivity contribution in [1.82, 2.24) is 0 Å². The zero-order valence-corrected chi connectivity index (χ0v) is 3.73.